The third-order valence-corrected chi connectivity index (χ3v) is 5.09. The summed E-state index contributed by atoms with van der Waals surface area (Å²) in [5.74, 6) is -2.15. The minimum atomic E-state index is -4.99. The van der Waals surface area contributed by atoms with Crippen molar-refractivity contribution in [3.05, 3.63) is 47.0 Å². The van der Waals surface area contributed by atoms with E-state index in [0.717, 1.165) is 17.2 Å². The summed E-state index contributed by atoms with van der Waals surface area (Å²) in [5.41, 5.74) is 2.56. The molecule has 1 rings (SSSR count). The third-order valence-electron chi connectivity index (χ3n) is 3.63. The number of ether oxygens (including phenoxy) is 1. The molecule has 0 bridgehead atoms. The highest BCUT2D eigenvalue weighted by Gasteiger charge is 2.42. The van der Waals surface area contributed by atoms with Crippen LogP contribution < -0.4 is 0 Å². The molecule has 6 heteroatoms. The molecule has 0 N–H and O–H groups in total. The number of allylic oxidation sites excluding steroid dienone is 1. The highest BCUT2D eigenvalue weighted by Crippen LogP contribution is 2.28. The fraction of sp³-hybridized carbons (Fsp3) is 0.500. The summed E-state index contributed by atoms with van der Waals surface area (Å²) in [6, 6.07) is 6.24. The molecule has 0 saturated carbocycles. The van der Waals surface area contributed by atoms with E-state index in [2.05, 4.69) is 19.6 Å². The van der Waals surface area contributed by atoms with Gasteiger partial charge in [0.15, 0.2) is 0 Å². The Morgan fingerprint density at radius 2 is 1.79 bits per heavy atom. The molecular formula is C18H25F3O2Si. The van der Waals surface area contributed by atoms with Gasteiger partial charge in [-0.25, -0.2) is 4.79 Å². The van der Waals surface area contributed by atoms with E-state index in [-0.39, 0.29) is 6.42 Å². The van der Waals surface area contributed by atoms with Gasteiger partial charge in [-0.15, -0.1) is 0 Å². The fourth-order valence-corrected chi connectivity index (χ4v) is 2.94. The van der Waals surface area contributed by atoms with E-state index in [4.69, 9.17) is 4.74 Å². The van der Waals surface area contributed by atoms with Gasteiger partial charge < -0.3 is 4.74 Å². The minimum Gasteiger partial charge on any atom is -0.451 e. The largest absolute Gasteiger partial charge is 0.490 e. The zero-order valence-corrected chi connectivity index (χ0v) is 15.8. The van der Waals surface area contributed by atoms with Crippen LogP contribution in [0.3, 0.4) is 0 Å². The Balaban J connectivity index is 2.94. The van der Waals surface area contributed by atoms with Crippen LogP contribution in [0.1, 0.15) is 29.2 Å². The molecule has 0 spiro atoms. The monoisotopic (exact) mass is 358 g/mol. The number of carbonyl (C=O) groups is 1. The Bertz CT molecular complexity index is 601. The number of aryl methyl sites for hydroxylation is 2. The first kappa shape index (κ1) is 20.5. The second-order valence-corrected chi connectivity index (χ2v) is 12.7. The molecule has 0 saturated heterocycles. The van der Waals surface area contributed by atoms with Gasteiger partial charge in [0.25, 0.3) is 0 Å². The summed E-state index contributed by atoms with van der Waals surface area (Å²) in [4.78, 5) is 11.2. The SMILES string of the molecule is Cc1ccc(C(C/C=C\C[Si](C)(C)C)OC(=O)C(F)(F)F)cc1C. The number of alkyl halides is 3. The van der Waals surface area contributed by atoms with E-state index in [1.165, 1.54) is 0 Å². The van der Waals surface area contributed by atoms with E-state index >= 15 is 0 Å². The summed E-state index contributed by atoms with van der Waals surface area (Å²) in [7, 11) is -1.26. The second kappa shape index (κ2) is 8.01. The average molecular weight is 358 g/mol. The molecule has 24 heavy (non-hydrogen) atoms. The Hall–Kier alpha value is -1.56. The van der Waals surface area contributed by atoms with Crippen molar-refractivity contribution >= 4 is 14.0 Å². The number of carbonyl (C=O) groups excluding carboxylic acids is 1. The highest BCUT2D eigenvalue weighted by atomic mass is 28.3. The first-order chi connectivity index (χ1) is 10.9. The van der Waals surface area contributed by atoms with Crippen LogP contribution in [0.4, 0.5) is 13.2 Å². The molecule has 1 atom stereocenters. The van der Waals surface area contributed by atoms with E-state index in [1.807, 2.05) is 32.1 Å². The lowest BCUT2D eigenvalue weighted by molar-refractivity contribution is -0.205. The van der Waals surface area contributed by atoms with Gasteiger partial charge in [-0.05, 0) is 36.6 Å². The van der Waals surface area contributed by atoms with E-state index in [9.17, 15) is 18.0 Å². The van der Waals surface area contributed by atoms with Crippen LogP contribution in [0.25, 0.3) is 0 Å². The maximum Gasteiger partial charge on any atom is 0.490 e. The Morgan fingerprint density at radius 3 is 2.29 bits per heavy atom. The van der Waals surface area contributed by atoms with Gasteiger partial charge >= 0.3 is 12.1 Å². The van der Waals surface area contributed by atoms with Crippen LogP contribution in [0.15, 0.2) is 30.4 Å². The van der Waals surface area contributed by atoms with Gasteiger partial charge in [-0.3, -0.25) is 0 Å². The predicted octanol–water partition coefficient (Wildman–Crippen LogP) is 5.73. The smallest absolute Gasteiger partial charge is 0.451 e. The quantitative estimate of drug-likeness (QED) is 0.368. The van der Waals surface area contributed by atoms with Crippen molar-refractivity contribution < 1.29 is 22.7 Å². The summed E-state index contributed by atoms with van der Waals surface area (Å²) >= 11 is 0. The summed E-state index contributed by atoms with van der Waals surface area (Å²) in [6.07, 6.45) is -1.91. The molecule has 0 aromatic heterocycles. The number of hydrogen-bond donors (Lipinski definition) is 0. The molecule has 134 valence electrons. The van der Waals surface area contributed by atoms with Gasteiger partial charge in [0.2, 0.25) is 0 Å². The van der Waals surface area contributed by atoms with Crippen molar-refractivity contribution in [2.75, 3.05) is 0 Å². The van der Waals surface area contributed by atoms with Crippen molar-refractivity contribution in [1.29, 1.82) is 0 Å². The molecular weight excluding hydrogens is 333 g/mol. The van der Waals surface area contributed by atoms with Crippen molar-refractivity contribution in [2.24, 2.45) is 0 Å². The lowest BCUT2D eigenvalue weighted by Gasteiger charge is -2.19. The number of esters is 1. The van der Waals surface area contributed by atoms with Crippen LogP contribution in [-0.4, -0.2) is 20.2 Å². The van der Waals surface area contributed by atoms with Crippen molar-refractivity contribution in [3.63, 3.8) is 0 Å². The van der Waals surface area contributed by atoms with Crippen molar-refractivity contribution in [3.8, 4) is 0 Å². The second-order valence-electron chi connectivity index (χ2n) is 7.21. The molecule has 0 amide bonds. The van der Waals surface area contributed by atoms with E-state index in [1.54, 1.807) is 12.1 Å². The molecule has 0 radical (unpaired) electrons. The highest BCUT2D eigenvalue weighted by molar-refractivity contribution is 6.76. The topological polar surface area (TPSA) is 26.3 Å². The molecule has 0 aliphatic carbocycles. The van der Waals surface area contributed by atoms with Crippen molar-refractivity contribution in [1.82, 2.24) is 0 Å². The summed E-state index contributed by atoms with van der Waals surface area (Å²) in [5, 5.41) is 0. The van der Waals surface area contributed by atoms with Gasteiger partial charge in [0.1, 0.15) is 6.10 Å². The first-order valence-electron chi connectivity index (χ1n) is 7.90. The molecule has 0 heterocycles. The lowest BCUT2D eigenvalue weighted by atomic mass is 10.0. The molecule has 0 fully saturated rings. The number of rotatable bonds is 6. The zero-order chi connectivity index (χ0) is 18.5. The molecule has 1 unspecified atom stereocenters. The maximum atomic E-state index is 12.5. The van der Waals surface area contributed by atoms with Gasteiger partial charge in [0.05, 0.1) is 0 Å². The standard InChI is InChI=1S/C18H25F3O2Si/c1-13-9-10-15(12-14(13)2)16(23-17(22)18(19,20)21)8-6-7-11-24(3,4)5/h6-7,9-10,12,16H,8,11H2,1-5H3/b7-6-. The van der Waals surface area contributed by atoms with Crippen LogP contribution >= 0.6 is 0 Å². The minimum absolute atomic E-state index is 0.231. The summed E-state index contributed by atoms with van der Waals surface area (Å²) in [6.45, 7) is 10.4. The van der Waals surface area contributed by atoms with Gasteiger partial charge in [0, 0.05) is 14.5 Å². The van der Waals surface area contributed by atoms with Gasteiger partial charge in [-0.1, -0.05) is 50.0 Å². The molecule has 2 nitrogen and oxygen atoms in total. The van der Waals surface area contributed by atoms with Gasteiger partial charge in [-0.2, -0.15) is 13.2 Å². The lowest BCUT2D eigenvalue weighted by Crippen LogP contribution is -2.27. The third kappa shape index (κ3) is 6.91. The molecule has 1 aromatic carbocycles. The summed E-state index contributed by atoms with van der Waals surface area (Å²) < 4.78 is 42.3. The zero-order valence-electron chi connectivity index (χ0n) is 14.8. The van der Waals surface area contributed by atoms with E-state index < -0.39 is 26.3 Å². The average Bonchev–Trinajstić information content (AvgIpc) is 2.43. The fourth-order valence-electron chi connectivity index (χ4n) is 2.07. The Kier molecular flexibility index (Phi) is 6.83. The molecule has 0 aliphatic rings. The van der Waals surface area contributed by atoms with Crippen LogP contribution in [0, 0.1) is 13.8 Å². The van der Waals surface area contributed by atoms with Crippen LogP contribution in [-0.2, 0) is 9.53 Å². The van der Waals surface area contributed by atoms with Crippen LogP contribution in [0.2, 0.25) is 25.7 Å². The number of hydrogen-bond acceptors (Lipinski definition) is 2. The molecule has 1 aromatic rings. The Labute approximate surface area is 142 Å². The predicted molar refractivity (Wildman–Crippen MR) is 92.7 cm³/mol. The number of halogens is 3. The first-order valence-corrected chi connectivity index (χ1v) is 11.6. The van der Waals surface area contributed by atoms with Crippen molar-refractivity contribution in [2.45, 2.75) is 58.2 Å². The molecule has 0 aliphatic heterocycles. The Morgan fingerprint density at radius 1 is 1.17 bits per heavy atom. The van der Waals surface area contributed by atoms with E-state index in [0.29, 0.717) is 5.56 Å². The number of benzene rings is 1. The maximum absolute atomic E-state index is 12.5. The van der Waals surface area contributed by atoms with Crippen LogP contribution in [0.5, 0.6) is 0 Å². The normalized spacial score (nSPS) is 14.0.